The molecule has 0 aromatic heterocycles. The number of allylic oxidation sites excluding steroid dienone is 6. The Kier molecular flexibility index (Phi) is 5.46. The van der Waals surface area contributed by atoms with Crippen LogP contribution in [0.25, 0.3) is 0 Å². The molecule has 0 atom stereocenters. The average Bonchev–Trinajstić information content (AvgIpc) is 2.22. The molecule has 0 heterocycles. The van der Waals surface area contributed by atoms with Gasteiger partial charge in [-0.05, 0) is 50.0 Å². The van der Waals surface area contributed by atoms with Crippen LogP contribution in [0, 0.1) is 0 Å². The highest BCUT2D eigenvalue weighted by atomic mass is 16.1. The van der Waals surface area contributed by atoms with Gasteiger partial charge in [0.1, 0.15) is 12.6 Å². The van der Waals surface area contributed by atoms with E-state index in [-0.39, 0.29) is 0 Å². The van der Waals surface area contributed by atoms with E-state index in [1.165, 1.54) is 0 Å². The summed E-state index contributed by atoms with van der Waals surface area (Å²) in [6.07, 6.45) is 5.33. The summed E-state index contributed by atoms with van der Waals surface area (Å²) in [5.74, 6) is 0. The highest BCUT2D eigenvalue weighted by molar-refractivity contribution is 5.75. The molecule has 0 aliphatic heterocycles. The molecule has 0 aliphatic rings. The lowest BCUT2D eigenvalue weighted by atomic mass is 10.1. The molecule has 2 nitrogen and oxygen atoms in total. The van der Waals surface area contributed by atoms with Crippen LogP contribution >= 0.6 is 0 Å². The average molecular weight is 192 g/mol. The van der Waals surface area contributed by atoms with Crippen LogP contribution in [0.1, 0.15) is 27.7 Å². The Labute approximate surface area is 85.0 Å². The highest BCUT2D eigenvalue weighted by Gasteiger charge is 1.92. The van der Waals surface area contributed by atoms with Crippen LogP contribution in [-0.2, 0) is 9.59 Å². The van der Waals surface area contributed by atoms with Gasteiger partial charge in [-0.25, -0.2) is 0 Å². The van der Waals surface area contributed by atoms with Gasteiger partial charge in [-0.2, -0.15) is 0 Å². The van der Waals surface area contributed by atoms with E-state index in [2.05, 4.69) is 0 Å². The van der Waals surface area contributed by atoms with Gasteiger partial charge in [-0.15, -0.1) is 0 Å². The number of rotatable bonds is 4. The molecule has 14 heavy (non-hydrogen) atoms. The second-order valence-corrected chi connectivity index (χ2v) is 3.30. The first-order valence-electron chi connectivity index (χ1n) is 4.46. The summed E-state index contributed by atoms with van der Waals surface area (Å²) in [6.45, 7) is 7.25. The van der Waals surface area contributed by atoms with Gasteiger partial charge in [0.05, 0.1) is 0 Å². The van der Waals surface area contributed by atoms with Crippen molar-refractivity contribution in [1.29, 1.82) is 0 Å². The van der Waals surface area contributed by atoms with Crippen molar-refractivity contribution in [3.63, 3.8) is 0 Å². The number of aldehydes is 2. The first-order valence-corrected chi connectivity index (χ1v) is 4.46. The second-order valence-electron chi connectivity index (χ2n) is 3.30. The summed E-state index contributed by atoms with van der Waals surface area (Å²) in [6, 6.07) is 0. The van der Waals surface area contributed by atoms with Crippen molar-refractivity contribution in [2.75, 3.05) is 0 Å². The number of carbonyl (C=O) groups excluding carboxylic acids is 2. The van der Waals surface area contributed by atoms with Gasteiger partial charge in [0.15, 0.2) is 0 Å². The van der Waals surface area contributed by atoms with Crippen LogP contribution in [0.3, 0.4) is 0 Å². The lowest BCUT2D eigenvalue weighted by molar-refractivity contribution is -0.105. The fourth-order valence-corrected chi connectivity index (χ4v) is 0.699. The normalized spacial score (nSPS) is 14.9. The molecule has 2 heteroatoms. The topological polar surface area (TPSA) is 34.1 Å². The van der Waals surface area contributed by atoms with E-state index in [1.54, 1.807) is 13.8 Å². The van der Waals surface area contributed by atoms with E-state index in [1.807, 2.05) is 26.0 Å². The summed E-state index contributed by atoms with van der Waals surface area (Å²) in [5, 5.41) is 0. The summed E-state index contributed by atoms with van der Waals surface area (Å²) < 4.78 is 0. The van der Waals surface area contributed by atoms with Gasteiger partial charge >= 0.3 is 0 Å². The third-order valence-corrected chi connectivity index (χ3v) is 2.18. The zero-order valence-electron chi connectivity index (χ0n) is 9.13. The lowest BCUT2D eigenvalue weighted by Gasteiger charge is -1.96. The van der Waals surface area contributed by atoms with Crippen molar-refractivity contribution in [1.82, 2.24) is 0 Å². The Morgan fingerprint density at radius 1 is 0.643 bits per heavy atom. The van der Waals surface area contributed by atoms with Crippen molar-refractivity contribution in [3.8, 4) is 0 Å². The molecule has 0 rings (SSSR count). The predicted octanol–water partition coefficient (Wildman–Crippen LogP) is 2.61. The van der Waals surface area contributed by atoms with Crippen LogP contribution in [0.5, 0.6) is 0 Å². The smallest absolute Gasteiger partial charge is 0.146 e. The minimum atomic E-state index is 0.706. The van der Waals surface area contributed by atoms with Crippen molar-refractivity contribution in [2.45, 2.75) is 27.7 Å². The quantitative estimate of drug-likeness (QED) is 0.390. The van der Waals surface area contributed by atoms with Gasteiger partial charge in [0.25, 0.3) is 0 Å². The molecule has 0 saturated heterocycles. The summed E-state index contributed by atoms with van der Waals surface area (Å²) >= 11 is 0. The Balaban J connectivity index is 4.78. The maximum absolute atomic E-state index is 10.4. The van der Waals surface area contributed by atoms with E-state index >= 15 is 0 Å². The van der Waals surface area contributed by atoms with Gasteiger partial charge in [-0.1, -0.05) is 12.2 Å². The van der Waals surface area contributed by atoms with Gasteiger partial charge in [0.2, 0.25) is 0 Å². The van der Waals surface area contributed by atoms with Crippen LogP contribution in [-0.4, -0.2) is 12.6 Å². The van der Waals surface area contributed by atoms with Crippen LogP contribution in [0.15, 0.2) is 34.4 Å². The first kappa shape index (κ1) is 12.6. The zero-order valence-corrected chi connectivity index (χ0v) is 9.13. The molecule has 0 aromatic carbocycles. The van der Waals surface area contributed by atoms with Crippen LogP contribution in [0.2, 0.25) is 0 Å². The van der Waals surface area contributed by atoms with Crippen molar-refractivity contribution in [2.24, 2.45) is 0 Å². The standard InChI is InChI=1S/C12H16O2/c1-9(11(3)7-13)5-6-10(2)12(4)8-14/h5-8H,1-4H3/b6-5+,11-9+,12-10?. The van der Waals surface area contributed by atoms with E-state index in [9.17, 15) is 9.59 Å². The van der Waals surface area contributed by atoms with E-state index in [0.717, 1.165) is 23.7 Å². The molecular weight excluding hydrogens is 176 g/mol. The van der Waals surface area contributed by atoms with Crippen LogP contribution in [0.4, 0.5) is 0 Å². The van der Waals surface area contributed by atoms with Crippen molar-refractivity contribution in [3.05, 3.63) is 34.4 Å². The van der Waals surface area contributed by atoms with Crippen molar-refractivity contribution < 1.29 is 9.59 Å². The Morgan fingerprint density at radius 3 is 1.14 bits per heavy atom. The third kappa shape index (κ3) is 3.99. The minimum Gasteiger partial charge on any atom is -0.298 e. The Bertz CT molecular complexity index is 285. The molecule has 0 saturated carbocycles. The number of hydrogen-bond acceptors (Lipinski definition) is 2. The summed E-state index contributed by atoms with van der Waals surface area (Å²) in [5.41, 5.74) is 3.24. The SMILES string of the molecule is CC(C=O)=C(C)/C=C/C(C)=C(\C)C=O. The molecule has 0 spiro atoms. The molecule has 0 aromatic rings. The Hall–Kier alpha value is -1.44. The minimum absolute atomic E-state index is 0.706. The molecular formula is C12H16O2. The maximum Gasteiger partial charge on any atom is 0.146 e. The van der Waals surface area contributed by atoms with Crippen LogP contribution < -0.4 is 0 Å². The number of hydrogen-bond donors (Lipinski definition) is 0. The summed E-state index contributed by atoms with van der Waals surface area (Å²) in [4.78, 5) is 20.8. The predicted molar refractivity (Wildman–Crippen MR) is 58.0 cm³/mol. The second kappa shape index (κ2) is 6.08. The largest absolute Gasteiger partial charge is 0.298 e. The third-order valence-electron chi connectivity index (χ3n) is 2.18. The Morgan fingerprint density at radius 2 is 0.929 bits per heavy atom. The number of carbonyl (C=O) groups is 2. The molecule has 0 amide bonds. The van der Waals surface area contributed by atoms with E-state index in [0.29, 0.717) is 11.1 Å². The van der Waals surface area contributed by atoms with Gasteiger partial charge < -0.3 is 0 Å². The fourth-order valence-electron chi connectivity index (χ4n) is 0.699. The fraction of sp³-hybridized carbons (Fsp3) is 0.333. The molecule has 76 valence electrons. The highest BCUT2D eigenvalue weighted by Crippen LogP contribution is 2.07. The lowest BCUT2D eigenvalue weighted by Crippen LogP contribution is -1.84. The summed E-state index contributed by atoms with van der Waals surface area (Å²) in [7, 11) is 0. The monoisotopic (exact) mass is 192 g/mol. The first-order chi connectivity index (χ1) is 6.52. The molecule has 0 aliphatic carbocycles. The zero-order chi connectivity index (χ0) is 11.1. The molecule has 0 radical (unpaired) electrons. The molecule has 0 fully saturated rings. The van der Waals surface area contributed by atoms with Crippen molar-refractivity contribution >= 4 is 12.6 Å². The molecule has 0 unspecified atom stereocenters. The maximum atomic E-state index is 10.4. The molecule has 0 N–H and O–H groups in total. The molecule has 0 bridgehead atoms. The van der Waals surface area contributed by atoms with Gasteiger partial charge in [0, 0.05) is 0 Å². The van der Waals surface area contributed by atoms with E-state index < -0.39 is 0 Å². The van der Waals surface area contributed by atoms with E-state index in [4.69, 9.17) is 0 Å². The van der Waals surface area contributed by atoms with Gasteiger partial charge in [-0.3, -0.25) is 9.59 Å².